The van der Waals surface area contributed by atoms with Crippen molar-refractivity contribution < 1.29 is 9.90 Å². The molecule has 0 fully saturated rings. The summed E-state index contributed by atoms with van der Waals surface area (Å²) >= 11 is 3.31. The van der Waals surface area contributed by atoms with E-state index >= 15 is 0 Å². The molecular formula is C14H12BrNO2. The number of ketones is 1. The second-order valence-corrected chi connectivity index (χ2v) is 4.96. The highest BCUT2D eigenvalue weighted by Gasteiger charge is 2.09. The maximum Gasteiger partial charge on any atom is 0.167 e. The predicted molar refractivity (Wildman–Crippen MR) is 74.7 cm³/mol. The number of hydrogen-bond donors (Lipinski definition) is 2. The van der Waals surface area contributed by atoms with Crippen molar-refractivity contribution in [1.82, 2.24) is 0 Å². The lowest BCUT2D eigenvalue weighted by Gasteiger charge is -2.04. The number of anilines is 1. The maximum atomic E-state index is 12.1. The van der Waals surface area contributed by atoms with Crippen LogP contribution in [-0.2, 0) is 6.42 Å². The topological polar surface area (TPSA) is 63.3 Å². The number of carbonyl (C=O) groups is 1. The van der Waals surface area contributed by atoms with Gasteiger partial charge >= 0.3 is 0 Å². The quantitative estimate of drug-likeness (QED) is 0.676. The van der Waals surface area contributed by atoms with Crippen LogP contribution in [-0.4, -0.2) is 10.9 Å². The normalized spacial score (nSPS) is 10.3. The molecule has 2 aromatic rings. The van der Waals surface area contributed by atoms with E-state index in [4.69, 9.17) is 5.73 Å². The van der Waals surface area contributed by atoms with Crippen LogP contribution < -0.4 is 5.73 Å². The fourth-order valence-electron chi connectivity index (χ4n) is 1.73. The van der Waals surface area contributed by atoms with Crippen molar-refractivity contribution in [1.29, 1.82) is 0 Å². The number of hydrogen-bond acceptors (Lipinski definition) is 3. The van der Waals surface area contributed by atoms with Crippen molar-refractivity contribution in [3.63, 3.8) is 0 Å². The summed E-state index contributed by atoms with van der Waals surface area (Å²) in [5.74, 6) is 0.127. The molecule has 4 heteroatoms. The summed E-state index contributed by atoms with van der Waals surface area (Å²) in [5, 5.41) is 9.35. The average molecular weight is 306 g/mol. The number of benzene rings is 2. The first-order chi connectivity index (χ1) is 8.54. The minimum Gasteiger partial charge on any atom is -0.508 e. The van der Waals surface area contributed by atoms with Gasteiger partial charge in [0.2, 0.25) is 0 Å². The Morgan fingerprint density at radius 1 is 1.22 bits per heavy atom. The van der Waals surface area contributed by atoms with Crippen molar-refractivity contribution in [2.24, 2.45) is 0 Å². The molecule has 3 N–H and O–H groups in total. The summed E-state index contributed by atoms with van der Waals surface area (Å²) in [6.45, 7) is 0. The Morgan fingerprint density at radius 3 is 2.67 bits per heavy atom. The summed E-state index contributed by atoms with van der Waals surface area (Å²) in [6, 6.07) is 11.8. The van der Waals surface area contributed by atoms with Gasteiger partial charge in [-0.1, -0.05) is 28.1 Å². The molecule has 2 aromatic carbocycles. The van der Waals surface area contributed by atoms with Crippen LogP contribution in [0.2, 0.25) is 0 Å². The van der Waals surface area contributed by atoms with Crippen LogP contribution in [0.4, 0.5) is 5.69 Å². The molecular weight excluding hydrogens is 294 g/mol. The van der Waals surface area contributed by atoms with Crippen LogP contribution in [0.5, 0.6) is 5.75 Å². The van der Waals surface area contributed by atoms with Crippen molar-refractivity contribution in [3.8, 4) is 5.75 Å². The SMILES string of the molecule is Nc1cc(Br)cc(C(=O)Cc2cccc(O)c2)c1. The number of halogens is 1. The Labute approximate surface area is 113 Å². The Bertz CT molecular complexity index is 576. The number of rotatable bonds is 3. The predicted octanol–water partition coefficient (Wildman–Crippen LogP) is 3.16. The first-order valence-electron chi connectivity index (χ1n) is 5.42. The zero-order valence-corrected chi connectivity index (χ0v) is 11.1. The van der Waals surface area contributed by atoms with Crippen LogP contribution in [0.3, 0.4) is 0 Å². The number of phenolic OH excluding ortho intramolecular Hbond substituents is 1. The lowest BCUT2D eigenvalue weighted by molar-refractivity contribution is 0.0993. The molecule has 3 nitrogen and oxygen atoms in total. The summed E-state index contributed by atoms with van der Waals surface area (Å²) in [6.07, 6.45) is 0.240. The third-order valence-electron chi connectivity index (χ3n) is 2.52. The van der Waals surface area contributed by atoms with E-state index in [1.165, 1.54) is 0 Å². The van der Waals surface area contributed by atoms with Crippen molar-refractivity contribution in [2.75, 3.05) is 5.73 Å². The van der Waals surface area contributed by atoms with Gasteiger partial charge in [0.1, 0.15) is 5.75 Å². The van der Waals surface area contributed by atoms with Gasteiger partial charge < -0.3 is 10.8 Å². The Balaban J connectivity index is 2.22. The smallest absolute Gasteiger partial charge is 0.167 e. The van der Waals surface area contributed by atoms with Gasteiger partial charge in [-0.3, -0.25) is 4.79 Å². The zero-order valence-electron chi connectivity index (χ0n) is 9.56. The number of carbonyl (C=O) groups excluding carboxylic acids is 1. The van der Waals surface area contributed by atoms with Gasteiger partial charge in [0.25, 0.3) is 0 Å². The molecule has 0 spiro atoms. The minimum atomic E-state index is -0.0337. The van der Waals surface area contributed by atoms with E-state index in [0.717, 1.165) is 10.0 Å². The van der Waals surface area contributed by atoms with E-state index in [9.17, 15) is 9.90 Å². The first-order valence-corrected chi connectivity index (χ1v) is 6.21. The number of aromatic hydroxyl groups is 1. The highest BCUT2D eigenvalue weighted by molar-refractivity contribution is 9.10. The Hall–Kier alpha value is -1.81. The van der Waals surface area contributed by atoms with Crippen LogP contribution in [0.15, 0.2) is 46.9 Å². The number of nitrogen functional groups attached to an aromatic ring is 1. The second-order valence-electron chi connectivity index (χ2n) is 4.04. The van der Waals surface area contributed by atoms with Crippen LogP contribution in [0.25, 0.3) is 0 Å². The van der Waals surface area contributed by atoms with Crippen molar-refractivity contribution >= 4 is 27.4 Å². The van der Waals surface area contributed by atoms with E-state index in [2.05, 4.69) is 15.9 Å². The minimum absolute atomic E-state index is 0.0337. The fourth-order valence-corrected chi connectivity index (χ4v) is 2.24. The maximum absolute atomic E-state index is 12.1. The average Bonchev–Trinajstić information content (AvgIpc) is 2.27. The van der Waals surface area contributed by atoms with Crippen LogP contribution in [0.1, 0.15) is 15.9 Å². The number of Topliss-reactive ketones (excluding diaryl/α,β-unsaturated/α-hetero) is 1. The molecule has 0 bridgehead atoms. The molecule has 0 atom stereocenters. The number of phenols is 1. The van der Waals surface area contributed by atoms with E-state index < -0.39 is 0 Å². The molecule has 2 rings (SSSR count). The summed E-state index contributed by atoms with van der Waals surface area (Å²) in [7, 11) is 0. The molecule has 0 aromatic heterocycles. The molecule has 0 amide bonds. The van der Waals surface area contributed by atoms with Gasteiger partial charge in [0.05, 0.1) is 0 Å². The molecule has 0 heterocycles. The van der Waals surface area contributed by atoms with Gasteiger partial charge in [0, 0.05) is 22.1 Å². The Morgan fingerprint density at radius 2 is 2.00 bits per heavy atom. The monoisotopic (exact) mass is 305 g/mol. The highest BCUT2D eigenvalue weighted by atomic mass is 79.9. The standard InChI is InChI=1S/C14H12BrNO2/c15-11-6-10(7-12(16)8-11)14(18)5-9-2-1-3-13(17)4-9/h1-4,6-8,17H,5,16H2. The van der Waals surface area contributed by atoms with Crippen LogP contribution >= 0.6 is 15.9 Å². The van der Waals surface area contributed by atoms with Crippen molar-refractivity contribution in [3.05, 3.63) is 58.1 Å². The molecule has 18 heavy (non-hydrogen) atoms. The lowest BCUT2D eigenvalue weighted by Crippen LogP contribution is -2.04. The number of nitrogens with two attached hydrogens (primary N) is 1. The molecule has 0 aliphatic rings. The molecule has 0 saturated carbocycles. The molecule has 0 radical (unpaired) electrons. The third-order valence-corrected chi connectivity index (χ3v) is 2.98. The highest BCUT2D eigenvalue weighted by Crippen LogP contribution is 2.19. The first kappa shape index (κ1) is 12.6. The molecule has 0 aliphatic carbocycles. The van der Waals surface area contributed by atoms with Crippen LogP contribution in [0, 0.1) is 0 Å². The zero-order chi connectivity index (χ0) is 13.1. The largest absolute Gasteiger partial charge is 0.508 e. The van der Waals surface area contributed by atoms with E-state index in [1.54, 1.807) is 42.5 Å². The Kier molecular flexibility index (Phi) is 3.67. The van der Waals surface area contributed by atoms with Gasteiger partial charge in [-0.15, -0.1) is 0 Å². The lowest BCUT2D eigenvalue weighted by atomic mass is 10.0. The molecule has 0 unspecified atom stereocenters. The van der Waals surface area contributed by atoms with Gasteiger partial charge in [-0.2, -0.15) is 0 Å². The van der Waals surface area contributed by atoms with Gasteiger partial charge in [-0.25, -0.2) is 0 Å². The summed E-state index contributed by atoms with van der Waals surface area (Å²) in [4.78, 5) is 12.1. The second kappa shape index (κ2) is 5.23. The summed E-state index contributed by atoms with van der Waals surface area (Å²) < 4.78 is 0.779. The molecule has 0 aliphatic heterocycles. The summed E-state index contributed by atoms with van der Waals surface area (Å²) in [5.41, 5.74) is 7.57. The molecule has 0 saturated heterocycles. The van der Waals surface area contributed by atoms with Crippen molar-refractivity contribution in [2.45, 2.75) is 6.42 Å². The fraction of sp³-hybridized carbons (Fsp3) is 0.0714. The third kappa shape index (κ3) is 3.11. The van der Waals surface area contributed by atoms with Gasteiger partial charge in [-0.05, 0) is 35.9 Å². The molecule has 92 valence electrons. The van der Waals surface area contributed by atoms with E-state index in [1.807, 2.05) is 0 Å². The van der Waals surface area contributed by atoms with E-state index in [-0.39, 0.29) is 18.0 Å². The van der Waals surface area contributed by atoms with E-state index in [0.29, 0.717) is 11.3 Å². The van der Waals surface area contributed by atoms with Gasteiger partial charge in [0.15, 0.2) is 5.78 Å².